The minimum absolute atomic E-state index is 0.0183. The van der Waals surface area contributed by atoms with E-state index in [4.69, 9.17) is 9.47 Å². The van der Waals surface area contributed by atoms with E-state index in [1.165, 1.54) is 18.8 Å². The zero-order valence-corrected chi connectivity index (χ0v) is 19.5. The number of allylic oxidation sites excluding steroid dienone is 4. The summed E-state index contributed by atoms with van der Waals surface area (Å²) in [5.74, 6) is -0.542. The number of nitrogens with zero attached hydrogens (tertiary/aromatic N) is 3. The van der Waals surface area contributed by atoms with E-state index >= 15 is 0 Å². The lowest BCUT2D eigenvalue weighted by Crippen LogP contribution is -2.31. The Hall–Kier alpha value is -3.82. The van der Waals surface area contributed by atoms with Gasteiger partial charge in [-0.2, -0.15) is 23.3 Å². The van der Waals surface area contributed by atoms with Gasteiger partial charge in [-0.1, -0.05) is 42.5 Å². The van der Waals surface area contributed by atoms with Gasteiger partial charge in [-0.3, -0.25) is 9.48 Å². The predicted molar refractivity (Wildman–Crippen MR) is 124 cm³/mol. The van der Waals surface area contributed by atoms with Crippen molar-refractivity contribution >= 4 is 16.9 Å². The van der Waals surface area contributed by atoms with Gasteiger partial charge in [0.05, 0.1) is 35.6 Å². The number of carbonyl (C=O) groups is 1. The molecule has 1 unspecified atom stereocenters. The van der Waals surface area contributed by atoms with Crippen LogP contribution in [0, 0.1) is 0 Å². The molecule has 0 saturated carbocycles. The fraction of sp³-hybridized carbons (Fsp3) is 0.320. The molecule has 0 aliphatic heterocycles. The topological polar surface area (TPSA) is 78.3 Å². The molecule has 4 rings (SSSR count). The second kappa shape index (κ2) is 9.81. The molecule has 184 valence electrons. The average Bonchev–Trinajstić information content (AvgIpc) is 3.18. The van der Waals surface area contributed by atoms with E-state index in [0.717, 1.165) is 11.6 Å². The minimum Gasteiger partial charge on any atom is -0.501 e. The van der Waals surface area contributed by atoms with E-state index in [1.54, 1.807) is 25.2 Å². The van der Waals surface area contributed by atoms with Gasteiger partial charge in [0.15, 0.2) is 12.3 Å². The van der Waals surface area contributed by atoms with Crippen molar-refractivity contribution < 1.29 is 27.4 Å². The first-order valence-electron chi connectivity index (χ1n) is 11.0. The van der Waals surface area contributed by atoms with Crippen LogP contribution < -0.4 is 10.1 Å². The maximum absolute atomic E-state index is 14.1. The molecule has 0 radical (unpaired) electrons. The third-order valence-corrected chi connectivity index (χ3v) is 5.79. The van der Waals surface area contributed by atoms with Crippen LogP contribution in [-0.4, -0.2) is 34.4 Å². The van der Waals surface area contributed by atoms with Gasteiger partial charge >= 0.3 is 6.18 Å². The Morgan fingerprint density at radius 2 is 2.03 bits per heavy atom. The predicted octanol–water partition coefficient (Wildman–Crippen LogP) is 4.82. The van der Waals surface area contributed by atoms with E-state index in [0.29, 0.717) is 12.2 Å². The molecule has 1 amide bonds. The maximum Gasteiger partial charge on any atom is 0.417 e. The second-order valence-electron chi connectivity index (χ2n) is 8.23. The van der Waals surface area contributed by atoms with Crippen LogP contribution in [-0.2, 0) is 22.8 Å². The molecule has 2 atom stereocenters. The fourth-order valence-corrected chi connectivity index (χ4v) is 4.05. The number of benzene rings is 1. The maximum atomic E-state index is 14.1. The standard InChI is InChI=1S/C25H25F3N4O3/c1-15(16-8-5-4-6-9-16)29-20(33)14-35-21-13-19(25(26,27)28)22-23(31-32(2)24(22)30-21)17-10-7-11-18(12-17)34-3/h4-11,13,15,17H,12,14H2,1-3H3,(H,29,33)/t15-,17?/m0/s1. The normalized spacial score (nSPS) is 16.6. The van der Waals surface area contributed by atoms with E-state index < -0.39 is 30.2 Å². The molecule has 10 heteroatoms. The molecule has 0 bridgehead atoms. The number of hydrogen-bond donors (Lipinski definition) is 1. The fourth-order valence-electron chi connectivity index (χ4n) is 4.05. The molecule has 1 aromatic carbocycles. The third kappa shape index (κ3) is 5.31. The number of methoxy groups -OCH3 is 1. The number of carbonyl (C=O) groups excluding carboxylic acids is 1. The summed E-state index contributed by atoms with van der Waals surface area (Å²) in [5.41, 5.74) is 0.248. The van der Waals surface area contributed by atoms with Crippen molar-refractivity contribution in [3.05, 3.63) is 77.2 Å². The summed E-state index contributed by atoms with van der Waals surface area (Å²) in [7, 11) is 3.04. The van der Waals surface area contributed by atoms with Gasteiger partial charge in [0.2, 0.25) is 5.88 Å². The number of amides is 1. The second-order valence-corrected chi connectivity index (χ2v) is 8.23. The molecule has 7 nitrogen and oxygen atoms in total. The molecule has 1 aliphatic carbocycles. The van der Waals surface area contributed by atoms with E-state index in [9.17, 15) is 18.0 Å². The Balaban J connectivity index is 1.59. The highest BCUT2D eigenvalue weighted by atomic mass is 19.4. The smallest absolute Gasteiger partial charge is 0.417 e. The minimum atomic E-state index is -4.68. The first-order valence-corrected chi connectivity index (χ1v) is 11.0. The molecule has 1 aliphatic rings. The monoisotopic (exact) mass is 486 g/mol. The lowest BCUT2D eigenvalue weighted by molar-refractivity contribution is -0.136. The van der Waals surface area contributed by atoms with Crippen molar-refractivity contribution in [2.24, 2.45) is 7.05 Å². The molecule has 2 heterocycles. The molecule has 0 saturated heterocycles. The van der Waals surface area contributed by atoms with Gasteiger partial charge in [-0.15, -0.1) is 0 Å². The summed E-state index contributed by atoms with van der Waals surface area (Å²) in [5, 5.41) is 7.02. The Morgan fingerprint density at radius 3 is 2.71 bits per heavy atom. The number of nitrogens with one attached hydrogen (secondary N) is 1. The van der Waals surface area contributed by atoms with Crippen LogP contribution in [0.3, 0.4) is 0 Å². The van der Waals surface area contributed by atoms with Gasteiger partial charge in [0.1, 0.15) is 0 Å². The van der Waals surface area contributed by atoms with Crippen LogP contribution >= 0.6 is 0 Å². The van der Waals surface area contributed by atoms with Gasteiger partial charge in [-0.05, 0) is 18.6 Å². The van der Waals surface area contributed by atoms with Crippen molar-refractivity contribution in [1.29, 1.82) is 0 Å². The van der Waals surface area contributed by atoms with Gasteiger partial charge in [0, 0.05) is 25.5 Å². The van der Waals surface area contributed by atoms with Crippen LogP contribution in [0.15, 0.2) is 60.4 Å². The van der Waals surface area contributed by atoms with Crippen LogP contribution in [0.2, 0.25) is 0 Å². The summed E-state index contributed by atoms with van der Waals surface area (Å²) in [6, 6.07) is 9.83. The van der Waals surface area contributed by atoms with Crippen LogP contribution in [0.1, 0.15) is 42.1 Å². The van der Waals surface area contributed by atoms with Crippen molar-refractivity contribution in [2.45, 2.75) is 31.5 Å². The summed E-state index contributed by atoms with van der Waals surface area (Å²) in [6.45, 7) is 1.32. The zero-order valence-electron chi connectivity index (χ0n) is 19.5. The van der Waals surface area contributed by atoms with E-state index in [1.807, 2.05) is 30.3 Å². The first-order chi connectivity index (χ1) is 16.7. The quantitative estimate of drug-likeness (QED) is 0.518. The van der Waals surface area contributed by atoms with E-state index in [2.05, 4.69) is 15.4 Å². The average molecular weight is 486 g/mol. The number of ether oxygens (including phenoxy) is 2. The zero-order chi connectivity index (χ0) is 25.2. The Labute approximate surface area is 200 Å². The Bertz CT molecular complexity index is 1280. The first kappa shape index (κ1) is 24.3. The molecule has 1 N–H and O–H groups in total. The number of aryl methyl sites for hydroxylation is 1. The number of pyridine rings is 1. The lowest BCUT2D eigenvalue weighted by atomic mass is 9.93. The van der Waals surface area contributed by atoms with Crippen molar-refractivity contribution in [2.75, 3.05) is 13.7 Å². The highest BCUT2D eigenvalue weighted by molar-refractivity contribution is 5.85. The summed E-state index contributed by atoms with van der Waals surface area (Å²) in [4.78, 5) is 16.6. The van der Waals surface area contributed by atoms with Crippen molar-refractivity contribution in [3.63, 3.8) is 0 Å². The molecule has 0 spiro atoms. The highest BCUT2D eigenvalue weighted by Crippen LogP contribution is 2.41. The van der Waals surface area contributed by atoms with E-state index in [-0.39, 0.29) is 28.6 Å². The molecule has 35 heavy (non-hydrogen) atoms. The van der Waals surface area contributed by atoms with Crippen molar-refractivity contribution in [1.82, 2.24) is 20.1 Å². The third-order valence-electron chi connectivity index (χ3n) is 5.79. The molecular weight excluding hydrogens is 461 g/mol. The summed E-state index contributed by atoms with van der Waals surface area (Å²) in [6.07, 6.45) is 0.988. The number of alkyl halides is 3. The van der Waals surface area contributed by atoms with Crippen LogP contribution in [0.5, 0.6) is 5.88 Å². The van der Waals surface area contributed by atoms with Crippen molar-refractivity contribution in [3.8, 4) is 5.88 Å². The number of hydrogen-bond acceptors (Lipinski definition) is 5. The number of rotatable bonds is 7. The van der Waals surface area contributed by atoms with Crippen LogP contribution in [0.25, 0.3) is 11.0 Å². The lowest BCUT2D eigenvalue weighted by Gasteiger charge is -2.18. The summed E-state index contributed by atoms with van der Waals surface area (Å²) >= 11 is 0. The summed E-state index contributed by atoms with van der Waals surface area (Å²) < 4.78 is 54.3. The Morgan fingerprint density at radius 1 is 1.29 bits per heavy atom. The number of fused-ring (bicyclic) bond motifs is 1. The molecular formula is C25H25F3N4O3. The molecule has 2 aromatic heterocycles. The number of halogens is 3. The number of aromatic nitrogens is 3. The highest BCUT2D eigenvalue weighted by Gasteiger charge is 2.37. The molecule has 3 aromatic rings. The largest absolute Gasteiger partial charge is 0.501 e. The molecule has 0 fully saturated rings. The van der Waals surface area contributed by atoms with Crippen LogP contribution in [0.4, 0.5) is 13.2 Å². The van der Waals surface area contributed by atoms with Gasteiger partial charge < -0.3 is 14.8 Å². The van der Waals surface area contributed by atoms with Gasteiger partial charge in [-0.25, -0.2) is 0 Å². The SMILES string of the molecule is COC1=CC=CC(c2nn(C)c3nc(OCC(=O)N[C@@H](C)c4ccccc4)cc(C(F)(F)F)c23)C1. The van der Waals surface area contributed by atoms with Gasteiger partial charge in [0.25, 0.3) is 5.91 Å². The Kier molecular flexibility index (Phi) is 6.81.